The number of non-ortho nitro benzene ring substituents is 1. The van der Waals surface area contributed by atoms with Crippen molar-refractivity contribution in [1.29, 1.82) is 0 Å². The van der Waals surface area contributed by atoms with Gasteiger partial charge in [0.2, 0.25) is 0 Å². The third-order valence-corrected chi connectivity index (χ3v) is 3.92. The van der Waals surface area contributed by atoms with E-state index in [1.165, 1.54) is 12.1 Å². The number of benzene rings is 2. The number of anilines is 1. The van der Waals surface area contributed by atoms with Gasteiger partial charge in [0, 0.05) is 30.4 Å². The van der Waals surface area contributed by atoms with Crippen LogP contribution in [-0.2, 0) is 11.3 Å². The van der Waals surface area contributed by atoms with E-state index in [4.69, 9.17) is 4.74 Å². The summed E-state index contributed by atoms with van der Waals surface area (Å²) >= 11 is 0. The van der Waals surface area contributed by atoms with Gasteiger partial charge in [0.15, 0.2) is 0 Å². The highest BCUT2D eigenvalue weighted by atomic mass is 16.6. The maximum atomic E-state index is 11.7. The summed E-state index contributed by atoms with van der Waals surface area (Å²) in [7, 11) is 0. The number of nitrogens with zero attached hydrogens (tertiary/aromatic N) is 1. The van der Waals surface area contributed by atoms with Crippen LogP contribution in [0.1, 0.15) is 25.3 Å². The zero-order chi connectivity index (χ0) is 18.8. The Labute approximate surface area is 152 Å². The first kappa shape index (κ1) is 19.2. The third kappa shape index (κ3) is 6.43. The molecule has 0 unspecified atom stereocenters. The molecule has 2 aromatic carbocycles. The minimum absolute atomic E-state index is 0.0615. The topological polar surface area (TPSA) is 93.5 Å². The smallest absolute Gasteiger partial charge is 0.407 e. The highest BCUT2D eigenvalue weighted by Gasteiger charge is 2.09. The molecule has 0 radical (unpaired) electrons. The van der Waals surface area contributed by atoms with Gasteiger partial charge in [0.1, 0.15) is 6.61 Å². The molecule has 0 fully saturated rings. The number of ether oxygens (including phenoxy) is 1. The normalized spacial score (nSPS) is 11.4. The minimum Gasteiger partial charge on any atom is -0.445 e. The van der Waals surface area contributed by atoms with E-state index in [1.807, 2.05) is 37.3 Å². The van der Waals surface area contributed by atoms with Gasteiger partial charge in [-0.1, -0.05) is 37.3 Å². The van der Waals surface area contributed by atoms with Crippen molar-refractivity contribution in [2.45, 2.75) is 32.4 Å². The Hall–Kier alpha value is -3.09. The van der Waals surface area contributed by atoms with Crippen LogP contribution in [-0.4, -0.2) is 23.6 Å². The van der Waals surface area contributed by atoms with Crippen LogP contribution in [0.4, 0.5) is 16.2 Å². The molecule has 0 bridgehead atoms. The average molecular weight is 357 g/mol. The van der Waals surface area contributed by atoms with Crippen LogP contribution in [0.25, 0.3) is 0 Å². The molecule has 1 atom stereocenters. The maximum absolute atomic E-state index is 11.7. The number of nitro groups is 1. The molecule has 0 heterocycles. The molecule has 0 aliphatic carbocycles. The number of carbonyl (C=O) groups excluding carboxylic acids is 1. The lowest BCUT2D eigenvalue weighted by Gasteiger charge is -2.18. The predicted molar refractivity (Wildman–Crippen MR) is 100 cm³/mol. The van der Waals surface area contributed by atoms with Crippen molar-refractivity contribution in [3.8, 4) is 0 Å². The molecule has 2 rings (SSSR count). The Morgan fingerprint density at radius 2 is 1.85 bits per heavy atom. The summed E-state index contributed by atoms with van der Waals surface area (Å²) in [5.74, 6) is 0. The van der Waals surface area contributed by atoms with Crippen LogP contribution in [0.5, 0.6) is 0 Å². The molecule has 7 heteroatoms. The first-order valence-electron chi connectivity index (χ1n) is 8.54. The van der Waals surface area contributed by atoms with E-state index < -0.39 is 11.0 Å². The lowest BCUT2D eigenvalue weighted by atomic mass is 10.1. The average Bonchev–Trinajstić information content (AvgIpc) is 2.66. The molecule has 2 aromatic rings. The molecule has 0 saturated heterocycles. The van der Waals surface area contributed by atoms with Gasteiger partial charge >= 0.3 is 6.09 Å². The SMILES string of the molecule is CC[C@H](CCNC(=O)OCc1ccccc1)Nc1ccc([N+](=O)[O-])cc1. The van der Waals surface area contributed by atoms with E-state index in [2.05, 4.69) is 10.6 Å². The van der Waals surface area contributed by atoms with E-state index in [0.717, 1.165) is 17.7 Å². The molecule has 26 heavy (non-hydrogen) atoms. The number of alkyl carbamates (subject to hydrolysis) is 1. The van der Waals surface area contributed by atoms with Gasteiger partial charge in [0.05, 0.1) is 4.92 Å². The number of nitrogens with one attached hydrogen (secondary N) is 2. The summed E-state index contributed by atoms with van der Waals surface area (Å²) in [4.78, 5) is 22.0. The van der Waals surface area contributed by atoms with E-state index in [1.54, 1.807) is 12.1 Å². The summed E-state index contributed by atoms with van der Waals surface area (Å²) in [6.07, 6.45) is 1.13. The molecule has 0 aromatic heterocycles. The zero-order valence-corrected chi connectivity index (χ0v) is 14.7. The van der Waals surface area contributed by atoms with Crippen molar-refractivity contribution < 1.29 is 14.5 Å². The summed E-state index contributed by atoms with van der Waals surface area (Å²) in [5, 5.41) is 16.7. The summed E-state index contributed by atoms with van der Waals surface area (Å²) in [6.45, 7) is 2.76. The van der Waals surface area contributed by atoms with Crippen molar-refractivity contribution in [3.05, 3.63) is 70.3 Å². The fourth-order valence-electron chi connectivity index (χ4n) is 2.42. The highest BCUT2D eigenvalue weighted by Crippen LogP contribution is 2.17. The van der Waals surface area contributed by atoms with Gasteiger partial charge in [-0.3, -0.25) is 10.1 Å². The fourth-order valence-corrected chi connectivity index (χ4v) is 2.42. The lowest BCUT2D eigenvalue weighted by molar-refractivity contribution is -0.384. The minimum atomic E-state index is -0.445. The zero-order valence-electron chi connectivity index (χ0n) is 14.7. The molecular formula is C19H23N3O4. The molecule has 1 amide bonds. The molecule has 0 aliphatic heterocycles. The van der Waals surface area contributed by atoms with Gasteiger partial charge < -0.3 is 15.4 Å². The van der Waals surface area contributed by atoms with Crippen LogP contribution in [0.15, 0.2) is 54.6 Å². The van der Waals surface area contributed by atoms with Gasteiger partial charge in [-0.2, -0.15) is 0 Å². The van der Waals surface area contributed by atoms with Crippen molar-refractivity contribution in [3.63, 3.8) is 0 Å². The number of rotatable bonds is 9. The molecular weight excluding hydrogens is 334 g/mol. The Bertz CT molecular complexity index is 704. The second kappa shape index (κ2) is 10.0. The van der Waals surface area contributed by atoms with Crippen LogP contribution < -0.4 is 10.6 Å². The van der Waals surface area contributed by atoms with Crippen molar-refractivity contribution in [2.24, 2.45) is 0 Å². The number of hydrogen-bond acceptors (Lipinski definition) is 5. The molecule has 138 valence electrons. The quantitative estimate of drug-likeness (QED) is 0.520. The van der Waals surface area contributed by atoms with Crippen molar-refractivity contribution >= 4 is 17.5 Å². The van der Waals surface area contributed by atoms with Crippen molar-refractivity contribution in [2.75, 3.05) is 11.9 Å². The highest BCUT2D eigenvalue weighted by molar-refractivity contribution is 5.67. The van der Waals surface area contributed by atoms with E-state index in [9.17, 15) is 14.9 Å². The predicted octanol–water partition coefficient (Wildman–Crippen LogP) is 4.10. The molecule has 0 spiro atoms. The summed E-state index contributed by atoms with van der Waals surface area (Å²) in [6, 6.07) is 15.9. The lowest BCUT2D eigenvalue weighted by Crippen LogP contribution is -2.30. The van der Waals surface area contributed by atoms with Crippen LogP contribution in [0.3, 0.4) is 0 Å². The third-order valence-electron chi connectivity index (χ3n) is 3.92. The first-order chi connectivity index (χ1) is 12.6. The Kier molecular flexibility index (Phi) is 7.42. The number of hydrogen-bond donors (Lipinski definition) is 2. The van der Waals surface area contributed by atoms with Gasteiger partial charge in [-0.05, 0) is 30.5 Å². The Morgan fingerprint density at radius 3 is 2.46 bits per heavy atom. The maximum Gasteiger partial charge on any atom is 0.407 e. The Morgan fingerprint density at radius 1 is 1.15 bits per heavy atom. The molecule has 0 saturated carbocycles. The fraction of sp³-hybridized carbons (Fsp3) is 0.316. The summed E-state index contributed by atoms with van der Waals surface area (Å²) in [5.41, 5.74) is 1.81. The first-order valence-corrected chi connectivity index (χ1v) is 8.54. The number of carbonyl (C=O) groups is 1. The van der Waals surface area contributed by atoms with Crippen molar-refractivity contribution in [1.82, 2.24) is 5.32 Å². The van der Waals surface area contributed by atoms with E-state index in [0.29, 0.717) is 13.0 Å². The second-order valence-electron chi connectivity index (χ2n) is 5.83. The number of amides is 1. The van der Waals surface area contributed by atoms with E-state index in [-0.39, 0.29) is 18.3 Å². The standard InChI is InChI=1S/C19H23N3O4/c1-2-16(21-17-8-10-18(11-9-17)22(24)25)12-13-20-19(23)26-14-15-6-4-3-5-7-15/h3-11,16,21H,2,12-14H2,1H3,(H,20,23)/t16-/m1/s1. The molecule has 2 N–H and O–H groups in total. The monoisotopic (exact) mass is 357 g/mol. The second-order valence-corrected chi connectivity index (χ2v) is 5.83. The summed E-state index contributed by atoms with van der Waals surface area (Å²) < 4.78 is 5.16. The van der Waals surface area contributed by atoms with Crippen LogP contribution >= 0.6 is 0 Å². The van der Waals surface area contributed by atoms with Crippen LogP contribution in [0.2, 0.25) is 0 Å². The van der Waals surface area contributed by atoms with Gasteiger partial charge in [0.25, 0.3) is 5.69 Å². The number of nitro benzene ring substituents is 1. The van der Waals surface area contributed by atoms with Gasteiger partial charge in [-0.25, -0.2) is 4.79 Å². The molecule has 0 aliphatic rings. The molecule has 7 nitrogen and oxygen atoms in total. The van der Waals surface area contributed by atoms with Crippen LogP contribution in [0, 0.1) is 10.1 Å². The largest absolute Gasteiger partial charge is 0.445 e. The Balaban J connectivity index is 1.70. The van der Waals surface area contributed by atoms with Gasteiger partial charge in [-0.15, -0.1) is 0 Å². The van der Waals surface area contributed by atoms with E-state index >= 15 is 0 Å².